The zero-order valence-electron chi connectivity index (χ0n) is 9.51. The van der Waals surface area contributed by atoms with Crippen molar-refractivity contribution in [2.45, 2.75) is 12.5 Å². The third-order valence-electron chi connectivity index (χ3n) is 2.77. The van der Waals surface area contributed by atoms with Gasteiger partial charge in [-0.25, -0.2) is 0 Å². The lowest BCUT2D eigenvalue weighted by molar-refractivity contribution is 0.178. The van der Waals surface area contributed by atoms with E-state index >= 15 is 0 Å². The summed E-state index contributed by atoms with van der Waals surface area (Å²) >= 11 is 0. The fourth-order valence-corrected chi connectivity index (χ4v) is 1.84. The van der Waals surface area contributed by atoms with Crippen molar-refractivity contribution in [3.63, 3.8) is 0 Å². The maximum atomic E-state index is 10.1. The highest BCUT2D eigenvalue weighted by Crippen LogP contribution is 2.19. The summed E-state index contributed by atoms with van der Waals surface area (Å²) < 4.78 is 0. The topological polar surface area (TPSA) is 20.2 Å². The number of aliphatic hydroxyl groups excluding tert-OH is 1. The first-order valence-corrected chi connectivity index (χ1v) is 5.59. The normalized spacial score (nSPS) is 11.8. The molecule has 0 fully saturated rings. The summed E-state index contributed by atoms with van der Waals surface area (Å²) in [6, 6.07) is 17.3. The maximum absolute atomic E-state index is 10.1. The van der Waals surface area contributed by atoms with Crippen molar-refractivity contribution in [1.29, 1.82) is 0 Å². The number of hydrogen-bond donors (Lipinski definition) is 1. The zero-order valence-corrected chi connectivity index (χ0v) is 9.51. The van der Waals surface area contributed by atoms with E-state index in [-0.39, 0.29) is 0 Å². The first-order valence-electron chi connectivity index (χ1n) is 5.59. The Labute approximate surface area is 102 Å². The minimum absolute atomic E-state index is 0.509. The molecule has 2 aromatic rings. The molecule has 1 nitrogen and oxygen atoms in total. The molecule has 0 aromatic heterocycles. The summed E-state index contributed by atoms with van der Waals surface area (Å²) in [4.78, 5) is 0. The van der Waals surface area contributed by atoms with E-state index in [9.17, 15) is 5.11 Å². The van der Waals surface area contributed by atoms with Crippen molar-refractivity contribution in [3.8, 4) is 12.3 Å². The minimum atomic E-state index is -0.509. The first kappa shape index (κ1) is 11.4. The van der Waals surface area contributed by atoms with Crippen LogP contribution in [0.4, 0.5) is 0 Å². The highest BCUT2D eigenvalue weighted by atomic mass is 16.3. The Morgan fingerprint density at radius 2 is 1.65 bits per heavy atom. The van der Waals surface area contributed by atoms with Gasteiger partial charge in [0.2, 0.25) is 0 Å². The van der Waals surface area contributed by atoms with Crippen molar-refractivity contribution >= 4 is 0 Å². The lowest BCUT2D eigenvalue weighted by atomic mass is 9.98. The van der Waals surface area contributed by atoms with Crippen molar-refractivity contribution in [2.24, 2.45) is 0 Å². The van der Waals surface area contributed by atoms with Gasteiger partial charge in [0.05, 0.1) is 6.10 Å². The molecule has 0 aliphatic rings. The molecule has 0 saturated carbocycles. The first-order chi connectivity index (χ1) is 8.31. The maximum Gasteiger partial charge on any atom is 0.0830 e. The second-order valence-electron chi connectivity index (χ2n) is 3.93. The molecule has 0 aliphatic carbocycles. The molecule has 1 N–H and O–H groups in total. The molecule has 0 aliphatic heterocycles. The van der Waals surface area contributed by atoms with E-state index in [1.807, 2.05) is 54.6 Å². The van der Waals surface area contributed by atoms with Crippen molar-refractivity contribution in [3.05, 3.63) is 71.3 Å². The molecule has 0 radical (unpaired) electrons. The Bertz CT molecular complexity index is 523. The third kappa shape index (κ3) is 2.75. The van der Waals surface area contributed by atoms with Crippen molar-refractivity contribution in [2.75, 3.05) is 0 Å². The molecule has 17 heavy (non-hydrogen) atoms. The summed E-state index contributed by atoms with van der Waals surface area (Å²) in [5.41, 5.74) is 2.77. The van der Waals surface area contributed by atoms with E-state index in [2.05, 4.69) is 5.92 Å². The molecule has 1 unspecified atom stereocenters. The molecule has 1 heteroatoms. The second kappa shape index (κ2) is 5.34. The van der Waals surface area contributed by atoms with E-state index in [4.69, 9.17) is 6.42 Å². The van der Waals surface area contributed by atoms with Crippen LogP contribution in [0, 0.1) is 12.3 Å². The Balaban J connectivity index is 2.19. The third-order valence-corrected chi connectivity index (χ3v) is 2.77. The monoisotopic (exact) mass is 222 g/mol. The van der Waals surface area contributed by atoms with Gasteiger partial charge in [-0.1, -0.05) is 54.5 Å². The fraction of sp³-hybridized carbons (Fsp3) is 0.125. The number of benzene rings is 2. The van der Waals surface area contributed by atoms with Gasteiger partial charge in [-0.3, -0.25) is 0 Å². The predicted molar refractivity (Wildman–Crippen MR) is 69.5 cm³/mol. The van der Waals surface area contributed by atoms with Crippen LogP contribution in [-0.4, -0.2) is 5.11 Å². The van der Waals surface area contributed by atoms with Crippen LogP contribution in [-0.2, 0) is 6.42 Å². The quantitative estimate of drug-likeness (QED) is 0.792. The summed E-state index contributed by atoms with van der Waals surface area (Å²) in [5, 5.41) is 10.1. The number of terminal acetylenes is 1. The average molecular weight is 222 g/mol. The van der Waals surface area contributed by atoms with Gasteiger partial charge < -0.3 is 5.11 Å². The second-order valence-corrected chi connectivity index (χ2v) is 3.93. The van der Waals surface area contributed by atoms with E-state index in [1.54, 1.807) is 0 Å². The van der Waals surface area contributed by atoms with E-state index < -0.39 is 6.10 Å². The van der Waals surface area contributed by atoms with Crippen molar-refractivity contribution < 1.29 is 5.11 Å². The summed E-state index contributed by atoms with van der Waals surface area (Å²) in [6.45, 7) is 0. The van der Waals surface area contributed by atoms with Gasteiger partial charge in [-0.05, 0) is 17.2 Å². The predicted octanol–water partition coefficient (Wildman–Crippen LogP) is 2.94. The molecule has 0 heterocycles. The average Bonchev–Trinajstić information content (AvgIpc) is 2.40. The molecule has 0 bridgehead atoms. The molecular formula is C16H14O. The summed E-state index contributed by atoms with van der Waals surface area (Å²) in [5.74, 6) is 2.64. The lowest BCUT2D eigenvalue weighted by Crippen LogP contribution is -2.03. The molecule has 2 aromatic carbocycles. The molecule has 0 spiro atoms. The fourth-order valence-electron chi connectivity index (χ4n) is 1.84. The standard InChI is InChI=1S/C16H14O/c1-2-13-8-6-7-11-15(13)12-16(17)14-9-4-3-5-10-14/h1,3-11,16-17H,12H2. The minimum Gasteiger partial charge on any atom is -0.388 e. The van der Waals surface area contributed by atoms with Crippen LogP contribution in [0.5, 0.6) is 0 Å². The van der Waals surface area contributed by atoms with Gasteiger partial charge in [0.25, 0.3) is 0 Å². The molecule has 84 valence electrons. The van der Waals surface area contributed by atoms with Gasteiger partial charge in [-0.2, -0.15) is 0 Å². The van der Waals surface area contributed by atoms with Crippen LogP contribution in [0.15, 0.2) is 54.6 Å². The highest BCUT2D eigenvalue weighted by molar-refractivity contribution is 5.40. The van der Waals surface area contributed by atoms with Crippen LogP contribution < -0.4 is 0 Å². The van der Waals surface area contributed by atoms with Gasteiger partial charge in [-0.15, -0.1) is 6.42 Å². The van der Waals surface area contributed by atoms with Crippen LogP contribution >= 0.6 is 0 Å². The zero-order chi connectivity index (χ0) is 12.1. The number of aliphatic hydroxyl groups is 1. The SMILES string of the molecule is C#Cc1ccccc1CC(O)c1ccccc1. The molecular weight excluding hydrogens is 208 g/mol. The van der Waals surface area contributed by atoms with Crippen LogP contribution in [0.25, 0.3) is 0 Å². The van der Waals surface area contributed by atoms with Crippen LogP contribution in [0.2, 0.25) is 0 Å². The van der Waals surface area contributed by atoms with E-state index in [0.717, 1.165) is 16.7 Å². The van der Waals surface area contributed by atoms with E-state index in [0.29, 0.717) is 6.42 Å². The van der Waals surface area contributed by atoms with Gasteiger partial charge in [0, 0.05) is 12.0 Å². The molecule has 1 atom stereocenters. The lowest BCUT2D eigenvalue weighted by Gasteiger charge is -2.12. The number of rotatable bonds is 3. The Kier molecular flexibility index (Phi) is 3.59. The molecule has 0 amide bonds. The smallest absolute Gasteiger partial charge is 0.0830 e. The Morgan fingerprint density at radius 3 is 2.35 bits per heavy atom. The highest BCUT2D eigenvalue weighted by Gasteiger charge is 2.09. The Morgan fingerprint density at radius 1 is 1.00 bits per heavy atom. The van der Waals surface area contributed by atoms with Gasteiger partial charge >= 0.3 is 0 Å². The van der Waals surface area contributed by atoms with Crippen LogP contribution in [0.3, 0.4) is 0 Å². The van der Waals surface area contributed by atoms with Gasteiger partial charge in [0.1, 0.15) is 0 Å². The van der Waals surface area contributed by atoms with E-state index in [1.165, 1.54) is 0 Å². The van der Waals surface area contributed by atoms with Crippen LogP contribution in [0.1, 0.15) is 22.8 Å². The Hall–Kier alpha value is -2.04. The summed E-state index contributed by atoms with van der Waals surface area (Å²) in [7, 11) is 0. The molecule has 2 rings (SSSR count). The summed E-state index contributed by atoms with van der Waals surface area (Å²) in [6.07, 6.45) is 5.47. The van der Waals surface area contributed by atoms with Gasteiger partial charge in [0.15, 0.2) is 0 Å². The molecule has 0 saturated heterocycles. The number of hydrogen-bond acceptors (Lipinski definition) is 1. The van der Waals surface area contributed by atoms with Crippen molar-refractivity contribution in [1.82, 2.24) is 0 Å². The largest absolute Gasteiger partial charge is 0.388 e.